The average molecular weight is 205 g/mol. The molecule has 1 aromatic carbocycles. The number of aliphatic hydroxyl groups excluding tert-OH is 1. The van der Waals surface area contributed by atoms with Crippen LogP contribution in [-0.2, 0) is 16.9 Å². The number of aliphatic hydroxyl groups is 1. The molecule has 0 aliphatic heterocycles. The number of hydrogen-bond acceptors (Lipinski definition) is 3. The van der Waals surface area contributed by atoms with Crippen LogP contribution in [0.4, 0.5) is 0 Å². The van der Waals surface area contributed by atoms with Crippen molar-refractivity contribution < 1.29 is 18.1 Å². The summed E-state index contributed by atoms with van der Waals surface area (Å²) in [5.41, 5.74) is 0.965. The van der Waals surface area contributed by atoms with Crippen LogP contribution >= 0.6 is 0 Å². The van der Waals surface area contributed by atoms with Crippen molar-refractivity contribution >= 4 is 10.3 Å². The van der Waals surface area contributed by atoms with Crippen LogP contribution in [0.1, 0.15) is 5.56 Å². The maximum absolute atomic E-state index is 8.97. The van der Waals surface area contributed by atoms with Crippen LogP contribution in [0.25, 0.3) is 0 Å². The fourth-order valence-electron chi connectivity index (χ4n) is 0.583. The van der Waals surface area contributed by atoms with Crippen LogP contribution in [0, 0.1) is 0 Å². The monoisotopic (exact) mass is 205 g/mol. The molecule has 0 unspecified atom stereocenters. The second kappa shape index (κ2) is 5.65. The number of hydrogen-bond donors (Lipinski definition) is 3. The molecule has 0 aromatic heterocycles. The Morgan fingerprint density at radius 1 is 1.23 bits per heavy atom. The van der Waals surface area contributed by atoms with E-state index >= 15 is 0 Å². The quantitative estimate of drug-likeness (QED) is 0.558. The van der Waals surface area contributed by atoms with Crippen LogP contribution in [0.5, 0.6) is 0 Å². The van der Waals surface area contributed by atoms with E-state index < -0.39 is 10.3 Å². The molecule has 0 heterocycles. The van der Waals surface area contributed by atoms with Gasteiger partial charge in [0.15, 0.2) is 0 Å². The molecule has 0 bridgehead atoms. The normalized spacial score (nSPS) is 10.1. The highest BCUT2D eigenvalue weighted by molar-refractivity contribution is 7.83. The summed E-state index contributed by atoms with van der Waals surface area (Å²) in [5, 5.41) is 12.4. The van der Waals surface area contributed by atoms with E-state index in [0.29, 0.717) is 0 Å². The van der Waals surface area contributed by atoms with Gasteiger partial charge >= 0.3 is 10.3 Å². The highest BCUT2D eigenvalue weighted by atomic mass is 32.2. The molecule has 13 heavy (non-hydrogen) atoms. The smallest absolute Gasteiger partial charge is 0.330 e. The summed E-state index contributed by atoms with van der Waals surface area (Å²) < 4.78 is 25.2. The van der Waals surface area contributed by atoms with Crippen molar-refractivity contribution in [2.75, 3.05) is 0 Å². The molecule has 0 saturated heterocycles. The molecule has 5 nitrogen and oxygen atoms in total. The second-order valence-electron chi connectivity index (χ2n) is 2.16. The minimum Gasteiger partial charge on any atom is -0.392 e. The summed E-state index contributed by atoms with van der Waals surface area (Å²) in [4.78, 5) is 0. The zero-order chi connectivity index (χ0) is 10.3. The van der Waals surface area contributed by atoms with Crippen molar-refractivity contribution in [3.05, 3.63) is 35.9 Å². The molecule has 1 rings (SSSR count). The first-order chi connectivity index (χ1) is 5.93. The Morgan fingerprint density at radius 2 is 1.62 bits per heavy atom. The third-order valence-corrected chi connectivity index (χ3v) is 1.03. The predicted octanol–water partition coefficient (Wildman–Crippen LogP) is -0.0732. The average Bonchev–Trinajstić information content (AvgIpc) is 2.03. The highest BCUT2D eigenvalue weighted by Gasteiger charge is 1.81. The van der Waals surface area contributed by atoms with E-state index in [1.54, 1.807) is 0 Å². The Morgan fingerprint density at radius 3 is 1.85 bits per heavy atom. The van der Waals surface area contributed by atoms with Gasteiger partial charge in [-0.25, -0.2) is 5.14 Å². The maximum Gasteiger partial charge on any atom is 0.330 e. The van der Waals surface area contributed by atoms with E-state index in [2.05, 4.69) is 5.14 Å². The lowest BCUT2D eigenvalue weighted by Gasteiger charge is -1.89. The topological polar surface area (TPSA) is 101 Å². The molecule has 1 aromatic rings. The van der Waals surface area contributed by atoms with E-state index in [0.717, 1.165) is 5.56 Å². The Bertz CT molecular complexity index is 314. The van der Waals surface area contributed by atoms with Crippen LogP contribution in [0.3, 0.4) is 0 Å². The molecule has 0 aliphatic carbocycles. The standard InChI is InChI=1S/C7H8O.H3NO3S/c8-6-7-4-2-1-3-5-7;1-5(2,3)4/h1-5,8H,6H2;(H3,1,2,3,4). The molecule has 0 radical (unpaired) electrons. The summed E-state index contributed by atoms with van der Waals surface area (Å²) in [6.07, 6.45) is 0. The zero-order valence-electron chi connectivity index (χ0n) is 6.79. The van der Waals surface area contributed by atoms with Crippen molar-refractivity contribution in [3.63, 3.8) is 0 Å². The molecule has 6 heteroatoms. The van der Waals surface area contributed by atoms with Gasteiger partial charge in [-0.1, -0.05) is 30.3 Å². The van der Waals surface area contributed by atoms with Gasteiger partial charge in [0.2, 0.25) is 0 Å². The molecule has 0 fully saturated rings. The first-order valence-electron chi connectivity index (χ1n) is 3.33. The number of rotatable bonds is 1. The summed E-state index contributed by atoms with van der Waals surface area (Å²) in [6.45, 7) is 0.140. The lowest BCUT2D eigenvalue weighted by Crippen LogP contribution is -2.08. The molecule has 4 N–H and O–H groups in total. The molecule has 0 amide bonds. The third kappa shape index (κ3) is 11.0. The van der Waals surface area contributed by atoms with Crippen LogP contribution < -0.4 is 5.14 Å². The first-order valence-corrected chi connectivity index (χ1v) is 4.84. The summed E-state index contributed by atoms with van der Waals surface area (Å²) in [6, 6.07) is 9.52. The van der Waals surface area contributed by atoms with Gasteiger partial charge in [0.1, 0.15) is 0 Å². The van der Waals surface area contributed by atoms with Crippen molar-refractivity contribution in [3.8, 4) is 0 Å². The lowest BCUT2D eigenvalue weighted by molar-refractivity contribution is 0.282. The van der Waals surface area contributed by atoms with Gasteiger partial charge in [0, 0.05) is 0 Å². The van der Waals surface area contributed by atoms with Gasteiger partial charge in [-0.3, -0.25) is 4.55 Å². The van der Waals surface area contributed by atoms with Crippen molar-refractivity contribution in [2.24, 2.45) is 5.14 Å². The summed E-state index contributed by atoms with van der Waals surface area (Å²) >= 11 is 0. The van der Waals surface area contributed by atoms with Crippen molar-refractivity contribution in [1.82, 2.24) is 0 Å². The summed E-state index contributed by atoms with van der Waals surface area (Å²) in [5.74, 6) is 0. The van der Waals surface area contributed by atoms with Gasteiger partial charge in [-0.05, 0) is 5.56 Å². The van der Waals surface area contributed by atoms with E-state index in [-0.39, 0.29) is 6.61 Å². The SMILES string of the molecule is NS(=O)(=O)O.OCc1ccccc1. The van der Waals surface area contributed by atoms with E-state index in [1.165, 1.54) is 0 Å². The molecule has 0 saturated carbocycles. The minimum atomic E-state index is -4.17. The largest absolute Gasteiger partial charge is 0.392 e. The molecular weight excluding hydrogens is 194 g/mol. The molecule has 0 spiro atoms. The Labute approximate surface area is 76.7 Å². The van der Waals surface area contributed by atoms with Gasteiger partial charge in [0.25, 0.3) is 0 Å². The Kier molecular flexibility index (Phi) is 5.24. The van der Waals surface area contributed by atoms with Gasteiger partial charge in [-0.15, -0.1) is 0 Å². The van der Waals surface area contributed by atoms with E-state index in [9.17, 15) is 0 Å². The molecule has 0 atom stereocenters. The maximum atomic E-state index is 8.97. The summed E-state index contributed by atoms with van der Waals surface area (Å²) in [7, 11) is -4.17. The predicted molar refractivity (Wildman–Crippen MR) is 48.1 cm³/mol. The van der Waals surface area contributed by atoms with Crippen LogP contribution in [-0.4, -0.2) is 18.1 Å². The highest BCUT2D eigenvalue weighted by Crippen LogP contribution is 1.95. The number of benzene rings is 1. The Hall–Kier alpha value is -0.950. The zero-order valence-corrected chi connectivity index (χ0v) is 7.61. The molecule has 74 valence electrons. The van der Waals surface area contributed by atoms with Gasteiger partial charge in [-0.2, -0.15) is 8.42 Å². The van der Waals surface area contributed by atoms with Gasteiger partial charge in [0.05, 0.1) is 6.61 Å². The fourth-order valence-corrected chi connectivity index (χ4v) is 0.583. The fraction of sp³-hybridized carbons (Fsp3) is 0.143. The molecule has 0 aliphatic rings. The lowest BCUT2D eigenvalue weighted by atomic mass is 10.2. The Balaban J connectivity index is 0.000000252. The molecular formula is C7H11NO4S. The van der Waals surface area contributed by atoms with Crippen LogP contribution in [0.15, 0.2) is 30.3 Å². The van der Waals surface area contributed by atoms with Crippen molar-refractivity contribution in [2.45, 2.75) is 6.61 Å². The number of nitrogens with two attached hydrogens (primary N) is 1. The first kappa shape index (κ1) is 12.0. The minimum absolute atomic E-state index is 0.140. The third-order valence-electron chi connectivity index (χ3n) is 1.03. The van der Waals surface area contributed by atoms with Crippen LogP contribution in [0.2, 0.25) is 0 Å². The van der Waals surface area contributed by atoms with E-state index in [1.807, 2.05) is 30.3 Å². The van der Waals surface area contributed by atoms with Crippen molar-refractivity contribution in [1.29, 1.82) is 0 Å². The second-order valence-corrected chi connectivity index (χ2v) is 3.19. The van der Waals surface area contributed by atoms with Gasteiger partial charge < -0.3 is 5.11 Å². The van der Waals surface area contributed by atoms with E-state index in [4.69, 9.17) is 18.1 Å².